The van der Waals surface area contributed by atoms with E-state index >= 15 is 0 Å². The Morgan fingerprint density at radius 1 is 1.25 bits per heavy atom. The van der Waals surface area contributed by atoms with Gasteiger partial charge >= 0.3 is 5.97 Å². The number of aromatic nitrogens is 5. The third-order valence-corrected chi connectivity index (χ3v) is 4.24. The molecule has 0 unspecified atom stereocenters. The maximum absolute atomic E-state index is 12.2. The first-order valence-electron chi connectivity index (χ1n) is 9.03. The smallest absolute Gasteiger partial charge is 0.377 e. The monoisotopic (exact) mass is 401 g/mol. The van der Waals surface area contributed by atoms with Gasteiger partial charge in [0.1, 0.15) is 10.8 Å². The van der Waals surface area contributed by atoms with Gasteiger partial charge in [0.25, 0.3) is 0 Å². The molecule has 146 valence electrons. The highest BCUT2D eigenvalue weighted by Gasteiger charge is 2.24. The first kappa shape index (κ1) is 18.6. The average molecular weight is 402 g/mol. The molecule has 3 heterocycles. The van der Waals surface area contributed by atoms with Gasteiger partial charge in [-0.2, -0.15) is 4.98 Å². The number of esters is 1. The van der Waals surface area contributed by atoms with E-state index in [1.807, 2.05) is 12.3 Å². The topological polar surface area (TPSA) is 91.5 Å². The predicted molar refractivity (Wildman–Crippen MR) is 102 cm³/mol. The lowest BCUT2D eigenvalue weighted by molar-refractivity contribution is 0.00542. The summed E-state index contributed by atoms with van der Waals surface area (Å²) in [6, 6.07) is 5.46. The molecule has 0 aromatic carbocycles. The van der Waals surface area contributed by atoms with Crippen LogP contribution in [-0.4, -0.2) is 36.1 Å². The fourth-order valence-corrected chi connectivity index (χ4v) is 2.86. The summed E-state index contributed by atoms with van der Waals surface area (Å²) in [4.78, 5) is 24.6. The quantitative estimate of drug-likeness (QED) is 0.476. The Hall–Kier alpha value is -2.74. The summed E-state index contributed by atoms with van der Waals surface area (Å²) >= 11 is 5.99. The van der Waals surface area contributed by atoms with E-state index in [9.17, 15) is 4.79 Å². The second kappa shape index (κ2) is 7.01. The highest BCUT2D eigenvalue weighted by atomic mass is 35.5. The van der Waals surface area contributed by atoms with Gasteiger partial charge in [-0.15, -0.1) is 5.10 Å². The van der Waals surface area contributed by atoms with Crippen molar-refractivity contribution in [2.45, 2.75) is 51.7 Å². The van der Waals surface area contributed by atoms with E-state index in [1.54, 1.807) is 25.3 Å². The number of pyridine rings is 1. The number of rotatable bonds is 5. The van der Waals surface area contributed by atoms with Crippen LogP contribution in [0.4, 0.5) is 0 Å². The van der Waals surface area contributed by atoms with Gasteiger partial charge in [0.05, 0.1) is 0 Å². The van der Waals surface area contributed by atoms with Crippen LogP contribution in [-0.2, 0) is 11.3 Å². The van der Waals surface area contributed by atoms with Gasteiger partial charge in [0.15, 0.2) is 18.1 Å². The second-order valence-electron chi connectivity index (χ2n) is 7.71. The maximum atomic E-state index is 12.2. The standard InChI is InChI=1S/C19H20ClN5O3/c1-19(2,3)28-18(26)17-21-13(20)8-16(23-17)27-10-14-22-15-7-6-12(11-4-5-11)9-25(15)24-14/h6-9,11H,4-5,10H2,1-3H3. The summed E-state index contributed by atoms with van der Waals surface area (Å²) in [7, 11) is 0. The van der Waals surface area contributed by atoms with Gasteiger partial charge in [0.2, 0.25) is 11.7 Å². The molecule has 0 amide bonds. The molecule has 0 spiro atoms. The molecule has 9 heteroatoms. The lowest BCUT2D eigenvalue weighted by Crippen LogP contribution is -2.25. The van der Waals surface area contributed by atoms with Gasteiger partial charge in [-0.3, -0.25) is 0 Å². The van der Waals surface area contributed by atoms with Crippen LogP contribution in [0.2, 0.25) is 5.15 Å². The van der Waals surface area contributed by atoms with Crippen molar-refractivity contribution in [1.82, 2.24) is 24.6 Å². The average Bonchev–Trinajstić information content (AvgIpc) is 3.37. The Morgan fingerprint density at radius 2 is 2.04 bits per heavy atom. The van der Waals surface area contributed by atoms with Crippen LogP contribution in [0.25, 0.3) is 5.65 Å². The Labute approximate surface area is 166 Å². The first-order chi connectivity index (χ1) is 13.3. The molecule has 0 radical (unpaired) electrons. The molecule has 3 aromatic heterocycles. The minimum absolute atomic E-state index is 0.0849. The molecular formula is C19H20ClN5O3. The summed E-state index contributed by atoms with van der Waals surface area (Å²) in [5, 5.41) is 4.53. The van der Waals surface area contributed by atoms with Crippen molar-refractivity contribution in [3.63, 3.8) is 0 Å². The number of hydrogen-bond donors (Lipinski definition) is 0. The van der Waals surface area contributed by atoms with Gasteiger partial charge in [-0.05, 0) is 51.2 Å². The van der Waals surface area contributed by atoms with Crippen molar-refractivity contribution in [3.05, 3.63) is 46.8 Å². The lowest BCUT2D eigenvalue weighted by atomic mass is 10.2. The number of fused-ring (bicyclic) bond motifs is 1. The molecule has 1 fully saturated rings. The number of carbonyl (C=O) groups is 1. The fraction of sp³-hybridized carbons (Fsp3) is 0.421. The molecular weight excluding hydrogens is 382 g/mol. The molecule has 0 N–H and O–H groups in total. The largest absolute Gasteiger partial charge is 0.469 e. The second-order valence-corrected chi connectivity index (χ2v) is 8.10. The number of ether oxygens (including phenoxy) is 2. The van der Waals surface area contributed by atoms with E-state index in [4.69, 9.17) is 21.1 Å². The van der Waals surface area contributed by atoms with Gasteiger partial charge in [-0.1, -0.05) is 17.7 Å². The van der Waals surface area contributed by atoms with Crippen LogP contribution in [0.5, 0.6) is 5.88 Å². The Kier molecular flexibility index (Phi) is 4.66. The molecule has 0 saturated heterocycles. The molecule has 1 saturated carbocycles. The normalized spacial score (nSPS) is 14.3. The van der Waals surface area contributed by atoms with Crippen LogP contribution in [0.3, 0.4) is 0 Å². The molecule has 0 atom stereocenters. The summed E-state index contributed by atoms with van der Waals surface area (Å²) in [6.07, 6.45) is 4.46. The van der Waals surface area contributed by atoms with E-state index < -0.39 is 11.6 Å². The van der Waals surface area contributed by atoms with Crippen LogP contribution in [0.15, 0.2) is 24.4 Å². The Balaban J connectivity index is 1.48. The van der Waals surface area contributed by atoms with Crippen molar-refractivity contribution >= 4 is 23.2 Å². The number of carbonyl (C=O) groups excluding carboxylic acids is 1. The van der Waals surface area contributed by atoms with Crippen molar-refractivity contribution in [3.8, 4) is 5.88 Å². The first-order valence-corrected chi connectivity index (χ1v) is 9.40. The van der Waals surface area contributed by atoms with E-state index in [2.05, 4.69) is 26.1 Å². The highest BCUT2D eigenvalue weighted by molar-refractivity contribution is 6.29. The van der Waals surface area contributed by atoms with Gasteiger partial charge in [-0.25, -0.2) is 19.3 Å². The molecule has 0 bridgehead atoms. The highest BCUT2D eigenvalue weighted by Crippen LogP contribution is 2.39. The zero-order chi connectivity index (χ0) is 19.9. The van der Waals surface area contributed by atoms with Gasteiger partial charge < -0.3 is 9.47 Å². The van der Waals surface area contributed by atoms with Crippen LogP contribution < -0.4 is 4.74 Å². The van der Waals surface area contributed by atoms with E-state index in [0.717, 1.165) is 5.65 Å². The van der Waals surface area contributed by atoms with Crippen molar-refractivity contribution < 1.29 is 14.3 Å². The lowest BCUT2D eigenvalue weighted by Gasteiger charge is -2.18. The molecule has 4 rings (SSSR count). The Bertz CT molecular complexity index is 1040. The number of nitrogens with zero attached hydrogens (tertiary/aromatic N) is 5. The summed E-state index contributed by atoms with van der Waals surface area (Å²) in [6.45, 7) is 5.37. The van der Waals surface area contributed by atoms with E-state index in [0.29, 0.717) is 11.7 Å². The molecule has 1 aliphatic carbocycles. The third kappa shape index (κ3) is 4.39. The summed E-state index contributed by atoms with van der Waals surface area (Å²) in [5.74, 6) is 0.468. The number of halogens is 1. The molecule has 1 aliphatic rings. The Morgan fingerprint density at radius 3 is 2.75 bits per heavy atom. The zero-order valence-electron chi connectivity index (χ0n) is 15.8. The molecule has 0 aliphatic heterocycles. The summed E-state index contributed by atoms with van der Waals surface area (Å²) in [5.41, 5.74) is 1.36. The maximum Gasteiger partial charge on any atom is 0.377 e. The minimum Gasteiger partial charge on any atom is -0.469 e. The van der Waals surface area contributed by atoms with Crippen LogP contribution in [0, 0.1) is 0 Å². The SMILES string of the molecule is CC(C)(C)OC(=O)c1nc(Cl)cc(OCc2nc3ccc(C4CC4)cn3n2)n1. The van der Waals surface area contributed by atoms with E-state index in [-0.39, 0.29) is 23.5 Å². The van der Waals surface area contributed by atoms with Crippen molar-refractivity contribution in [2.75, 3.05) is 0 Å². The third-order valence-electron chi connectivity index (χ3n) is 4.05. The van der Waals surface area contributed by atoms with Crippen LogP contribution in [0.1, 0.15) is 61.5 Å². The number of hydrogen-bond acceptors (Lipinski definition) is 7. The molecule has 8 nitrogen and oxygen atoms in total. The fourth-order valence-electron chi connectivity index (χ4n) is 2.69. The van der Waals surface area contributed by atoms with E-state index in [1.165, 1.54) is 24.5 Å². The molecule has 3 aromatic rings. The summed E-state index contributed by atoms with van der Waals surface area (Å²) < 4.78 is 12.7. The van der Waals surface area contributed by atoms with Crippen molar-refractivity contribution in [1.29, 1.82) is 0 Å². The van der Waals surface area contributed by atoms with Crippen LogP contribution >= 0.6 is 11.6 Å². The van der Waals surface area contributed by atoms with Crippen molar-refractivity contribution in [2.24, 2.45) is 0 Å². The minimum atomic E-state index is -0.668. The molecule has 28 heavy (non-hydrogen) atoms. The predicted octanol–water partition coefficient (Wildman–Crippen LogP) is 3.58. The van der Waals surface area contributed by atoms with Gasteiger partial charge in [0, 0.05) is 12.3 Å². The zero-order valence-corrected chi connectivity index (χ0v) is 16.6.